The average Bonchev–Trinajstić information content (AvgIpc) is 1.65. The Morgan fingerprint density at radius 2 is 2.50 bits per heavy atom. The minimum Gasteiger partial charge on any atom is -0.446 e. The van der Waals surface area contributed by atoms with E-state index in [1.54, 1.807) is 6.92 Å². The molecule has 0 radical (unpaired) electrons. The Labute approximate surface area is 53.6 Å². The number of hydrogen-bond donors (Lipinski definition) is 2. The predicted octanol–water partition coefficient (Wildman–Crippen LogP) is -0.236. The number of nitrogens with two attached hydrogens (primary N) is 1. The predicted molar refractivity (Wildman–Crippen MR) is 33.6 cm³/mol. The highest BCUT2D eigenvalue weighted by atomic mass is 32.1. The van der Waals surface area contributed by atoms with E-state index in [0.717, 1.165) is 0 Å². The summed E-state index contributed by atoms with van der Waals surface area (Å²) in [5.41, 5.74) is 5.09. The molecule has 0 spiro atoms. The fourth-order valence-electron chi connectivity index (χ4n) is 0.245. The lowest BCUT2D eigenvalue weighted by molar-refractivity contribution is -0.144. The van der Waals surface area contributed by atoms with Crippen LogP contribution in [0.5, 0.6) is 0 Å². The smallest absolute Gasteiger partial charge is 0.317 e. The van der Waals surface area contributed by atoms with Crippen LogP contribution in [0.2, 0.25) is 0 Å². The molecule has 0 heterocycles. The first-order valence-electron chi connectivity index (χ1n) is 2.22. The van der Waals surface area contributed by atoms with Gasteiger partial charge in [0, 0.05) is 0 Å². The Kier molecular flexibility index (Phi) is 3.64. The van der Waals surface area contributed by atoms with Crippen molar-refractivity contribution in [1.29, 1.82) is 0 Å². The first kappa shape index (κ1) is 7.78. The molecule has 4 heteroatoms. The normalized spacial score (nSPS) is 12.9. The zero-order valence-corrected chi connectivity index (χ0v) is 5.52. The van der Waals surface area contributed by atoms with E-state index in [1.807, 2.05) is 0 Å². The van der Waals surface area contributed by atoms with Crippen molar-refractivity contribution in [3.8, 4) is 0 Å². The van der Waals surface area contributed by atoms with Gasteiger partial charge < -0.3 is 4.74 Å². The molecule has 3 nitrogen and oxygen atoms in total. The van der Waals surface area contributed by atoms with Gasteiger partial charge in [0.2, 0.25) is 0 Å². The van der Waals surface area contributed by atoms with Gasteiger partial charge in [0.05, 0.1) is 5.75 Å². The molecule has 0 aliphatic carbocycles. The topological polar surface area (TPSA) is 52.3 Å². The second-order valence-electron chi connectivity index (χ2n) is 1.35. The second-order valence-corrected chi connectivity index (χ2v) is 1.67. The third-order valence-electron chi connectivity index (χ3n) is 0.446. The quantitative estimate of drug-likeness (QED) is 0.312. The number of thiol groups is 1. The maximum atomic E-state index is 10.2. The van der Waals surface area contributed by atoms with E-state index in [1.165, 1.54) is 0 Å². The maximum absolute atomic E-state index is 10.2. The molecule has 1 atom stereocenters. The SMILES string of the molecule is CC(N)OC(=O)CS. The van der Waals surface area contributed by atoms with Crippen LogP contribution in [0.4, 0.5) is 0 Å². The third kappa shape index (κ3) is 3.95. The molecular weight excluding hydrogens is 126 g/mol. The fourth-order valence-corrected chi connectivity index (χ4v) is 0.319. The lowest BCUT2D eigenvalue weighted by atomic mass is 10.7. The molecule has 0 rings (SSSR count). The van der Waals surface area contributed by atoms with Gasteiger partial charge in [-0.15, -0.1) is 0 Å². The monoisotopic (exact) mass is 135 g/mol. The van der Waals surface area contributed by atoms with Crippen molar-refractivity contribution < 1.29 is 9.53 Å². The summed E-state index contributed by atoms with van der Waals surface area (Å²) in [6.07, 6.45) is -0.519. The Morgan fingerprint density at radius 1 is 2.00 bits per heavy atom. The minimum atomic E-state index is -0.519. The Bertz CT molecular complexity index is 84.1. The molecule has 0 fully saturated rings. The van der Waals surface area contributed by atoms with Crippen molar-refractivity contribution >= 4 is 18.6 Å². The van der Waals surface area contributed by atoms with E-state index >= 15 is 0 Å². The van der Waals surface area contributed by atoms with Crippen molar-refractivity contribution in [2.75, 3.05) is 5.75 Å². The molecule has 2 N–H and O–H groups in total. The molecule has 0 bridgehead atoms. The average molecular weight is 135 g/mol. The van der Waals surface area contributed by atoms with Crippen LogP contribution in [0.3, 0.4) is 0 Å². The maximum Gasteiger partial charge on any atom is 0.317 e. The van der Waals surface area contributed by atoms with Gasteiger partial charge in [0.1, 0.15) is 6.23 Å². The minimum absolute atomic E-state index is 0.0849. The Hall–Kier alpha value is -0.220. The highest BCUT2D eigenvalue weighted by Gasteiger charge is 1.99. The molecular formula is C4H9NO2S. The molecule has 0 aliphatic rings. The van der Waals surface area contributed by atoms with Gasteiger partial charge >= 0.3 is 5.97 Å². The van der Waals surface area contributed by atoms with Gasteiger partial charge in [-0.3, -0.25) is 10.5 Å². The van der Waals surface area contributed by atoms with Crippen molar-refractivity contribution in [1.82, 2.24) is 0 Å². The Morgan fingerprint density at radius 3 is 2.62 bits per heavy atom. The summed E-state index contributed by atoms with van der Waals surface area (Å²) in [5, 5.41) is 0. The first-order chi connectivity index (χ1) is 3.66. The summed E-state index contributed by atoms with van der Waals surface area (Å²) in [6, 6.07) is 0. The number of ether oxygens (including phenoxy) is 1. The van der Waals surface area contributed by atoms with Gasteiger partial charge in [0.25, 0.3) is 0 Å². The molecule has 0 saturated carbocycles. The number of hydrogen-bond acceptors (Lipinski definition) is 4. The van der Waals surface area contributed by atoms with Crippen molar-refractivity contribution in [3.63, 3.8) is 0 Å². The van der Waals surface area contributed by atoms with E-state index in [0.29, 0.717) is 0 Å². The molecule has 8 heavy (non-hydrogen) atoms. The van der Waals surface area contributed by atoms with E-state index in [-0.39, 0.29) is 11.7 Å². The highest BCUT2D eigenvalue weighted by Crippen LogP contribution is 1.84. The van der Waals surface area contributed by atoms with E-state index in [2.05, 4.69) is 17.4 Å². The molecule has 0 amide bonds. The van der Waals surface area contributed by atoms with Crippen molar-refractivity contribution in [3.05, 3.63) is 0 Å². The number of esters is 1. The lowest BCUT2D eigenvalue weighted by Crippen LogP contribution is -2.23. The van der Waals surface area contributed by atoms with Gasteiger partial charge in [0.15, 0.2) is 0 Å². The number of carbonyl (C=O) groups excluding carboxylic acids is 1. The second kappa shape index (κ2) is 3.74. The van der Waals surface area contributed by atoms with Crippen LogP contribution in [-0.4, -0.2) is 18.0 Å². The van der Waals surface area contributed by atoms with Gasteiger partial charge in [-0.2, -0.15) is 12.6 Å². The third-order valence-corrected chi connectivity index (χ3v) is 0.705. The molecule has 0 aromatic carbocycles. The van der Waals surface area contributed by atoms with Crippen LogP contribution in [0.25, 0.3) is 0 Å². The van der Waals surface area contributed by atoms with Crippen molar-refractivity contribution in [2.45, 2.75) is 13.2 Å². The molecule has 0 aromatic heterocycles. The summed E-state index contributed by atoms with van der Waals surface area (Å²) >= 11 is 3.66. The summed E-state index contributed by atoms with van der Waals surface area (Å²) in [6.45, 7) is 1.58. The fraction of sp³-hybridized carbons (Fsp3) is 0.750. The standard InChI is InChI=1S/C4H9NO2S/c1-3(5)7-4(6)2-8/h3,8H,2,5H2,1H3. The van der Waals surface area contributed by atoms with Gasteiger partial charge in [-0.1, -0.05) is 0 Å². The summed E-state index contributed by atoms with van der Waals surface area (Å²) < 4.78 is 4.46. The number of rotatable bonds is 2. The van der Waals surface area contributed by atoms with Crippen LogP contribution < -0.4 is 5.73 Å². The van der Waals surface area contributed by atoms with Crippen LogP contribution >= 0.6 is 12.6 Å². The van der Waals surface area contributed by atoms with E-state index in [9.17, 15) is 4.79 Å². The molecule has 0 aromatic rings. The number of carbonyl (C=O) groups is 1. The summed E-state index contributed by atoms with van der Waals surface area (Å²) in [7, 11) is 0. The van der Waals surface area contributed by atoms with Crippen LogP contribution in [0.15, 0.2) is 0 Å². The Balaban J connectivity index is 3.25. The summed E-state index contributed by atoms with van der Waals surface area (Å²) in [4.78, 5) is 10.2. The molecule has 0 aliphatic heterocycles. The van der Waals surface area contributed by atoms with Crippen molar-refractivity contribution in [2.24, 2.45) is 5.73 Å². The largest absolute Gasteiger partial charge is 0.446 e. The summed E-state index contributed by atoms with van der Waals surface area (Å²) in [5.74, 6) is -0.301. The van der Waals surface area contributed by atoms with Crippen LogP contribution in [-0.2, 0) is 9.53 Å². The lowest BCUT2D eigenvalue weighted by Gasteiger charge is -2.04. The zero-order chi connectivity index (χ0) is 6.57. The van der Waals surface area contributed by atoms with Gasteiger partial charge in [-0.25, -0.2) is 0 Å². The highest BCUT2D eigenvalue weighted by molar-refractivity contribution is 7.81. The van der Waals surface area contributed by atoms with E-state index in [4.69, 9.17) is 5.73 Å². The van der Waals surface area contributed by atoms with E-state index < -0.39 is 6.23 Å². The van der Waals surface area contributed by atoms with Crippen LogP contribution in [0, 0.1) is 0 Å². The first-order valence-corrected chi connectivity index (χ1v) is 2.86. The van der Waals surface area contributed by atoms with Gasteiger partial charge in [-0.05, 0) is 6.92 Å². The zero-order valence-electron chi connectivity index (χ0n) is 4.63. The van der Waals surface area contributed by atoms with Crippen LogP contribution in [0.1, 0.15) is 6.92 Å². The molecule has 1 unspecified atom stereocenters. The molecule has 48 valence electrons. The molecule has 0 saturated heterocycles.